The molecule has 1 heterocycles. The van der Waals surface area contributed by atoms with Crippen molar-refractivity contribution in [3.8, 4) is 0 Å². The van der Waals surface area contributed by atoms with Gasteiger partial charge in [-0.2, -0.15) is 0 Å². The van der Waals surface area contributed by atoms with Gasteiger partial charge in [0.1, 0.15) is 5.82 Å². The van der Waals surface area contributed by atoms with Crippen LogP contribution in [0.25, 0.3) is 0 Å². The molecule has 0 bridgehead atoms. The number of carbonyl (C=O) groups excluding carboxylic acids is 1. The number of nitrogens with one attached hydrogen (secondary N) is 1. The van der Waals surface area contributed by atoms with E-state index in [1.54, 1.807) is 6.20 Å². The number of hydrogen-bond donors (Lipinski definition) is 1. The lowest BCUT2D eigenvalue weighted by atomic mass is 10.1. The molecule has 2 aromatic carbocycles. The first-order chi connectivity index (χ1) is 12.7. The lowest BCUT2D eigenvalue weighted by Gasteiger charge is -2.18. The quantitative estimate of drug-likeness (QED) is 0.710. The third-order valence-corrected chi connectivity index (χ3v) is 4.21. The smallest absolute Gasteiger partial charge is 0.252 e. The molecule has 4 nitrogen and oxygen atoms in total. The van der Waals surface area contributed by atoms with Gasteiger partial charge in [-0.05, 0) is 29.7 Å². The Balaban J connectivity index is 1.52. The number of benzene rings is 2. The lowest BCUT2D eigenvalue weighted by molar-refractivity contribution is 0.0954. The number of rotatable bonds is 7. The van der Waals surface area contributed by atoms with Crippen molar-refractivity contribution in [2.75, 3.05) is 18.5 Å². The molecule has 1 N–H and O–H groups in total. The van der Waals surface area contributed by atoms with Gasteiger partial charge < -0.3 is 10.2 Å². The molecular weight excluding hydrogens is 322 g/mol. The van der Waals surface area contributed by atoms with Crippen molar-refractivity contribution in [1.29, 1.82) is 0 Å². The Morgan fingerprint density at radius 3 is 2.19 bits per heavy atom. The molecule has 0 spiro atoms. The molecule has 0 aliphatic rings. The zero-order valence-corrected chi connectivity index (χ0v) is 14.9. The SMILES string of the molecule is CN(Cc1ccccc1)c1ccc(C(=O)NCCc2ccccc2)cn1. The highest BCUT2D eigenvalue weighted by Crippen LogP contribution is 2.13. The molecule has 132 valence electrons. The van der Waals surface area contributed by atoms with Gasteiger partial charge in [0.15, 0.2) is 0 Å². The molecular formula is C22H23N3O. The van der Waals surface area contributed by atoms with E-state index in [-0.39, 0.29) is 5.91 Å². The minimum Gasteiger partial charge on any atom is -0.355 e. The van der Waals surface area contributed by atoms with E-state index < -0.39 is 0 Å². The Hall–Kier alpha value is -3.14. The second-order valence-electron chi connectivity index (χ2n) is 6.24. The van der Waals surface area contributed by atoms with Crippen molar-refractivity contribution >= 4 is 11.7 Å². The van der Waals surface area contributed by atoms with Gasteiger partial charge in [0.25, 0.3) is 5.91 Å². The van der Waals surface area contributed by atoms with Gasteiger partial charge in [0.05, 0.1) is 5.56 Å². The minimum absolute atomic E-state index is 0.0920. The minimum atomic E-state index is -0.0920. The van der Waals surface area contributed by atoms with E-state index in [9.17, 15) is 4.79 Å². The molecule has 0 aliphatic carbocycles. The Labute approximate surface area is 154 Å². The molecule has 26 heavy (non-hydrogen) atoms. The summed E-state index contributed by atoms with van der Waals surface area (Å²) in [4.78, 5) is 18.7. The maximum atomic E-state index is 12.2. The molecule has 0 saturated carbocycles. The summed E-state index contributed by atoms with van der Waals surface area (Å²) in [6.07, 6.45) is 2.45. The third kappa shape index (κ3) is 4.93. The normalized spacial score (nSPS) is 10.3. The molecule has 3 rings (SSSR count). The Bertz CT molecular complexity index is 817. The average Bonchev–Trinajstić information content (AvgIpc) is 2.69. The maximum absolute atomic E-state index is 12.2. The van der Waals surface area contributed by atoms with Gasteiger partial charge in [0.2, 0.25) is 0 Å². The van der Waals surface area contributed by atoms with E-state index in [0.717, 1.165) is 18.8 Å². The van der Waals surface area contributed by atoms with E-state index in [1.165, 1.54) is 11.1 Å². The van der Waals surface area contributed by atoms with Gasteiger partial charge >= 0.3 is 0 Å². The molecule has 0 fully saturated rings. The molecule has 0 aliphatic heterocycles. The third-order valence-electron chi connectivity index (χ3n) is 4.21. The summed E-state index contributed by atoms with van der Waals surface area (Å²) in [5.74, 6) is 0.750. The van der Waals surface area contributed by atoms with Crippen LogP contribution in [-0.4, -0.2) is 24.5 Å². The van der Waals surface area contributed by atoms with Crippen molar-refractivity contribution in [1.82, 2.24) is 10.3 Å². The lowest BCUT2D eigenvalue weighted by Crippen LogP contribution is -2.26. The van der Waals surface area contributed by atoms with Crippen LogP contribution in [0.3, 0.4) is 0 Å². The van der Waals surface area contributed by atoms with Crippen LogP contribution >= 0.6 is 0 Å². The van der Waals surface area contributed by atoms with Crippen LogP contribution in [0, 0.1) is 0 Å². The predicted molar refractivity (Wildman–Crippen MR) is 105 cm³/mol. The number of hydrogen-bond acceptors (Lipinski definition) is 3. The Morgan fingerprint density at radius 2 is 1.58 bits per heavy atom. The predicted octanol–water partition coefficient (Wildman–Crippen LogP) is 3.69. The zero-order chi connectivity index (χ0) is 18.2. The zero-order valence-electron chi connectivity index (χ0n) is 14.9. The van der Waals surface area contributed by atoms with Crippen LogP contribution in [0.2, 0.25) is 0 Å². The van der Waals surface area contributed by atoms with E-state index in [2.05, 4.69) is 39.5 Å². The highest BCUT2D eigenvalue weighted by Gasteiger charge is 2.08. The van der Waals surface area contributed by atoms with Gasteiger partial charge in [0, 0.05) is 26.3 Å². The molecule has 3 aromatic rings. The van der Waals surface area contributed by atoms with E-state index in [4.69, 9.17) is 0 Å². The number of carbonyl (C=O) groups is 1. The summed E-state index contributed by atoms with van der Waals surface area (Å²) in [5, 5.41) is 2.94. The number of aromatic nitrogens is 1. The van der Waals surface area contributed by atoms with Crippen LogP contribution in [0.5, 0.6) is 0 Å². The largest absolute Gasteiger partial charge is 0.355 e. The van der Waals surface area contributed by atoms with Gasteiger partial charge in [-0.3, -0.25) is 4.79 Å². The van der Waals surface area contributed by atoms with Crippen molar-refractivity contribution < 1.29 is 4.79 Å². The van der Waals surface area contributed by atoms with Crippen LogP contribution in [0.15, 0.2) is 79.0 Å². The second kappa shape index (κ2) is 8.81. The second-order valence-corrected chi connectivity index (χ2v) is 6.24. The van der Waals surface area contributed by atoms with Crippen LogP contribution in [0.1, 0.15) is 21.5 Å². The molecule has 4 heteroatoms. The Kier molecular flexibility index (Phi) is 5.99. The molecule has 0 atom stereocenters. The molecule has 0 unspecified atom stereocenters. The van der Waals surface area contributed by atoms with E-state index >= 15 is 0 Å². The van der Waals surface area contributed by atoms with Crippen LogP contribution in [0.4, 0.5) is 5.82 Å². The number of amides is 1. The molecule has 0 saturated heterocycles. The number of nitrogens with zero attached hydrogens (tertiary/aromatic N) is 2. The first kappa shape index (κ1) is 17.7. The summed E-state index contributed by atoms with van der Waals surface area (Å²) in [5.41, 5.74) is 3.01. The highest BCUT2D eigenvalue weighted by atomic mass is 16.1. The van der Waals surface area contributed by atoms with Gasteiger partial charge in [-0.15, -0.1) is 0 Å². The summed E-state index contributed by atoms with van der Waals surface area (Å²) >= 11 is 0. The number of pyridine rings is 1. The summed E-state index contributed by atoms with van der Waals surface area (Å²) in [7, 11) is 1.99. The first-order valence-corrected chi connectivity index (χ1v) is 8.75. The maximum Gasteiger partial charge on any atom is 0.252 e. The summed E-state index contributed by atoms with van der Waals surface area (Å²) < 4.78 is 0. The molecule has 1 aromatic heterocycles. The van der Waals surface area contributed by atoms with Gasteiger partial charge in [-0.25, -0.2) is 4.98 Å². The summed E-state index contributed by atoms with van der Waals surface area (Å²) in [6.45, 7) is 1.38. The number of anilines is 1. The van der Waals surface area contributed by atoms with Crippen molar-refractivity contribution in [3.63, 3.8) is 0 Å². The van der Waals surface area contributed by atoms with Crippen molar-refractivity contribution in [3.05, 3.63) is 95.7 Å². The van der Waals surface area contributed by atoms with E-state index in [0.29, 0.717) is 12.1 Å². The van der Waals surface area contributed by atoms with Crippen LogP contribution in [-0.2, 0) is 13.0 Å². The van der Waals surface area contributed by atoms with Crippen molar-refractivity contribution in [2.24, 2.45) is 0 Å². The van der Waals surface area contributed by atoms with Crippen LogP contribution < -0.4 is 10.2 Å². The average molecular weight is 345 g/mol. The van der Waals surface area contributed by atoms with Gasteiger partial charge in [-0.1, -0.05) is 60.7 Å². The highest BCUT2D eigenvalue weighted by molar-refractivity contribution is 5.94. The fourth-order valence-electron chi connectivity index (χ4n) is 2.75. The molecule has 1 amide bonds. The standard InChI is InChI=1S/C22H23N3O/c1-25(17-19-10-6-3-7-11-19)21-13-12-20(16-24-21)22(26)23-15-14-18-8-4-2-5-9-18/h2-13,16H,14-15,17H2,1H3,(H,23,26). The Morgan fingerprint density at radius 1 is 0.923 bits per heavy atom. The fourth-order valence-corrected chi connectivity index (χ4v) is 2.75. The summed E-state index contributed by atoms with van der Waals surface area (Å²) in [6, 6.07) is 24.1. The molecule has 0 radical (unpaired) electrons. The topological polar surface area (TPSA) is 45.2 Å². The van der Waals surface area contributed by atoms with Crippen molar-refractivity contribution in [2.45, 2.75) is 13.0 Å². The fraction of sp³-hybridized carbons (Fsp3) is 0.182. The monoisotopic (exact) mass is 345 g/mol. The first-order valence-electron chi connectivity index (χ1n) is 8.75. The van der Waals surface area contributed by atoms with E-state index in [1.807, 2.05) is 55.6 Å².